The van der Waals surface area contributed by atoms with Crippen molar-refractivity contribution in [1.29, 1.82) is 5.26 Å². The Balaban J connectivity index is 2.01. The first-order valence-electron chi connectivity index (χ1n) is 6.99. The van der Waals surface area contributed by atoms with Gasteiger partial charge in [-0.2, -0.15) is 5.26 Å². The number of aliphatic hydroxyl groups is 1. The van der Waals surface area contributed by atoms with Gasteiger partial charge in [0, 0.05) is 12.1 Å². The average Bonchev–Trinajstić information content (AvgIpc) is 2.63. The summed E-state index contributed by atoms with van der Waals surface area (Å²) in [6.07, 6.45) is 3.94. The molecule has 2 aliphatic rings. The second-order valence-electron chi connectivity index (χ2n) is 6.08. The Morgan fingerprint density at radius 2 is 1.95 bits per heavy atom. The predicted molar refractivity (Wildman–Crippen MR) is 73.6 cm³/mol. The smallest absolute Gasteiger partial charge is 0.0994 e. The lowest BCUT2D eigenvalue weighted by atomic mass is 9.78. The zero-order chi connectivity index (χ0) is 13.6. The summed E-state index contributed by atoms with van der Waals surface area (Å²) in [6.45, 7) is 1.95. The van der Waals surface area contributed by atoms with E-state index in [0.29, 0.717) is 17.6 Å². The molecule has 19 heavy (non-hydrogen) atoms. The van der Waals surface area contributed by atoms with Crippen LogP contribution < -0.4 is 0 Å². The monoisotopic (exact) mass is 256 g/mol. The maximum atomic E-state index is 11.1. The molecule has 1 aromatic carbocycles. The molecule has 3 rings (SSSR count). The Morgan fingerprint density at radius 1 is 1.32 bits per heavy atom. The van der Waals surface area contributed by atoms with Gasteiger partial charge in [-0.3, -0.25) is 0 Å². The minimum Gasteiger partial charge on any atom is -0.385 e. The molecular weight excluding hydrogens is 236 g/mol. The average molecular weight is 256 g/mol. The summed E-state index contributed by atoms with van der Waals surface area (Å²) >= 11 is 0. The highest BCUT2D eigenvalue weighted by Gasteiger charge is 2.47. The number of fused-ring (bicyclic) bond motifs is 2. The van der Waals surface area contributed by atoms with E-state index in [1.807, 2.05) is 25.1 Å². The van der Waals surface area contributed by atoms with E-state index in [2.05, 4.69) is 18.0 Å². The molecule has 0 spiro atoms. The van der Waals surface area contributed by atoms with Gasteiger partial charge in [-0.1, -0.05) is 12.1 Å². The molecule has 0 amide bonds. The molecule has 0 saturated carbocycles. The molecule has 2 saturated heterocycles. The molecule has 3 heteroatoms. The summed E-state index contributed by atoms with van der Waals surface area (Å²) in [6, 6.07) is 8.88. The summed E-state index contributed by atoms with van der Waals surface area (Å²) in [5.74, 6) is 0. The molecule has 1 N–H and O–H groups in total. The molecule has 2 bridgehead atoms. The van der Waals surface area contributed by atoms with Gasteiger partial charge in [-0.25, -0.2) is 0 Å². The Bertz CT molecular complexity index is 532. The van der Waals surface area contributed by atoms with E-state index in [4.69, 9.17) is 5.26 Å². The summed E-state index contributed by atoms with van der Waals surface area (Å²) in [5, 5.41) is 20.2. The van der Waals surface area contributed by atoms with E-state index in [9.17, 15) is 5.11 Å². The van der Waals surface area contributed by atoms with Gasteiger partial charge < -0.3 is 10.0 Å². The zero-order valence-corrected chi connectivity index (χ0v) is 11.6. The molecule has 0 aliphatic carbocycles. The van der Waals surface area contributed by atoms with Crippen molar-refractivity contribution < 1.29 is 5.11 Å². The van der Waals surface area contributed by atoms with Crippen molar-refractivity contribution in [2.24, 2.45) is 0 Å². The zero-order valence-electron chi connectivity index (χ0n) is 11.6. The van der Waals surface area contributed by atoms with Crippen LogP contribution in [0.1, 0.15) is 42.4 Å². The van der Waals surface area contributed by atoms with Gasteiger partial charge in [0.05, 0.1) is 17.2 Å². The Morgan fingerprint density at radius 3 is 2.53 bits per heavy atom. The van der Waals surface area contributed by atoms with Gasteiger partial charge in [0.25, 0.3) is 0 Å². The summed E-state index contributed by atoms with van der Waals surface area (Å²) < 4.78 is 0. The van der Waals surface area contributed by atoms with Crippen LogP contribution in [0.5, 0.6) is 0 Å². The van der Waals surface area contributed by atoms with Gasteiger partial charge in [0.15, 0.2) is 0 Å². The van der Waals surface area contributed by atoms with Crippen LogP contribution in [0.2, 0.25) is 0 Å². The van der Waals surface area contributed by atoms with Crippen LogP contribution in [0.25, 0.3) is 0 Å². The predicted octanol–water partition coefficient (Wildman–Crippen LogP) is 2.31. The molecule has 0 aromatic heterocycles. The quantitative estimate of drug-likeness (QED) is 0.838. The van der Waals surface area contributed by atoms with E-state index in [1.54, 1.807) is 0 Å². The third-order valence-electron chi connectivity index (χ3n) is 5.09. The Labute approximate surface area is 114 Å². The SMILES string of the molecule is Cc1c(C#N)cccc1C1(O)CC2CCC(C1)N2C. The van der Waals surface area contributed by atoms with Crippen LogP contribution in [-0.2, 0) is 5.60 Å². The van der Waals surface area contributed by atoms with Crippen LogP contribution >= 0.6 is 0 Å². The molecule has 100 valence electrons. The second kappa shape index (κ2) is 4.33. The third-order valence-corrected chi connectivity index (χ3v) is 5.09. The fourth-order valence-electron chi connectivity index (χ4n) is 3.93. The van der Waals surface area contributed by atoms with Crippen LogP contribution in [0.4, 0.5) is 0 Å². The highest BCUT2D eigenvalue weighted by atomic mass is 16.3. The van der Waals surface area contributed by atoms with Gasteiger partial charge in [0.2, 0.25) is 0 Å². The van der Waals surface area contributed by atoms with Crippen molar-refractivity contribution in [2.45, 2.75) is 50.3 Å². The van der Waals surface area contributed by atoms with Crippen molar-refractivity contribution in [2.75, 3.05) is 7.05 Å². The molecule has 1 aromatic rings. The fourth-order valence-corrected chi connectivity index (χ4v) is 3.93. The lowest BCUT2D eigenvalue weighted by Crippen LogP contribution is -2.47. The second-order valence-corrected chi connectivity index (χ2v) is 6.08. The number of hydrogen-bond acceptors (Lipinski definition) is 3. The highest BCUT2D eigenvalue weighted by Crippen LogP contribution is 2.45. The van der Waals surface area contributed by atoms with Crippen LogP contribution in [-0.4, -0.2) is 29.1 Å². The van der Waals surface area contributed by atoms with Crippen LogP contribution in [0, 0.1) is 18.3 Å². The highest BCUT2D eigenvalue weighted by molar-refractivity contribution is 5.44. The first-order chi connectivity index (χ1) is 9.05. The minimum absolute atomic E-state index is 0.480. The lowest BCUT2D eigenvalue weighted by Gasteiger charge is -2.43. The normalized spacial score (nSPS) is 34.2. The summed E-state index contributed by atoms with van der Waals surface area (Å²) in [4.78, 5) is 2.41. The number of nitriles is 1. The van der Waals surface area contributed by atoms with Crippen molar-refractivity contribution >= 4 is 0 Å². The number of nitrogens with zero attached hydrogens (tertiary/aromatic N) is 2. The summed E-state index contributed by atoms with van der Waals surface area (Å²) in [5.41, 5.74) is 1.82. The topological polar surface area (TPSA) is 47.3 Å². The van der Waals surface area contributed by atoms with E-state index in [-0.39, 0.29) is 0 Å². The number of piperidine rings is 1. The van der Waals surface area contributed by atoms with Gasteiger partial charge in [0.1, 0.15) is 0 Å². The largest absolute Gasteiger partial charge is 0.385 e. The maximum Gasteiger partial charge on any atom is 0.0994 e. The molecule has 2 atom stereocenters. The Hall–Kier alpha value is -1.37. The molecule has 0 radical (unpaired) electrons. The van der Waals surface area contributed by atoms with Crippen molar-refractivity contribution in [3.8, 4) is 6.07 Å². The van der Waals surface area contributed by atoms with Gasteiger partial charge in [-0.15, -0.1) is 0 Å². The maximum absolute atomic E-state index is 11.1. The van der Waals surface area contributed by atoms with E-state index >= 15 is 0 Å². The Kier molecular flexibility index (Phi) is 2.88. The van der Waals surface area contributed by atoms with Crippen molar-refractivity contribution in [3.63, 3.8) is 0 Å². The lowest BCUT2D eigenvalue weighted by molar-refractivity contribution is -0.0497. The van der Waals surface area contributed by atoms with E-state index in [1.165, 1.54) is 12.8 Å². The number of hydrogen-bond donors (Lipinski definition) is 1. The first-order valence-corrected chi connectivity index (χ1v) is 6.99. The summed E-state index contributed by atoms with van der Waals surface area (Å²) in [7, 11) is 2.17. The van der Waals surface area contributed by atoms with Crippen molar-refractivity contribution in [1.82, 2.24) is 4.90 Å². The van der Waals surface area contributed by atoms with Crippen molar-refractivity contribution in [3.05, 3.63) is 34.9 Å². The first kappa shape index (κ1) is 12.7. The molecule has 2 unspecified atom stereocenters. The fraction of sp³-hybridized carbons (Fsp3) is 0.562. The molecule has 2 aliphatic heterocycles. The van der Waals surface area contributed by atoms with E-state index < -0.39 is 5.60 Å². The number of benzene rings is 1. The molecule has 2 heterocycles. The standard InChI is InChI=1S/C16H20N2O/c1-11-12(10-17)4-3-5-15(11)16(19)8-13-6-7-14(9-16)18(13)2/h3-5,13-14,19H,6-9H2,1-2H3. The molecular formula is C16H20N2O. The van der Waals surface area contributed by atoms with Gasteiger partial charge >= 0.3 is 0 Å². The number of rotatable bonds is 1. The van der Waals surface area contributed by atoms with Crippen LogP contribution in [0.3, 0.4) is 0 Å². The minimum atomic E-state index is -0.755. The van der Waals surface area contributed by atoms with E-state index in [0.717, 1.165) is 24.0 Å². The molecule has 3 nitrogen and oxygen atoms in total. The van der Waals surface area contributed by atoms with Gasteiger partial charge in [-0.05, 0) is 56.8 Å². The third kappa shape index (κ3) is 1.87. The molecule has 2 fully saturated rings. The van der Waals surface area contributed by atoms with Crippen LogP contribution in [0.15, 0.2) is 18.2 Å².